The van der Waals surface area contributed by atoms with Gasteiger partial charge in [-0.15, -0.1) is 0 Å². The summed E-state index contributed by atoms with van der Waals surface area (Å²) in [4.78, 5) is 46.1. The minimum atomic E-state index is -4.78. The predicted molar refractivity (Wildman–Crippen MR) is 272 cm³/mol. The molecule has 0 aromatic carbocycles. The number of phosphoric ester groups is 1. The number of hydrogen-bond acceptors (Lipinski definition) is 8. The molecule has 0 aromatic rings. The number of hydrogen-bond donors (Lipinski definition) is 4. The Labute approximate surface area is 400 Å². The largest absolute Gasteiger partial charge is 0.480 e. The average Bonchev–Trinajstić information content (AvgIpc) is 3.29. The van der Waals surface area contributed by atoms with Crippen LogP contribution in [0.25, 0.3) is 0 Å². The Bertz CT molecular complexity index is 1480. The fourth-order valence-corrected chi connectivity index (χ4v) is 7.24. The third-order valence-corrected chi connectivity index (χ3v) is 11.3. The van der Waals surface area contributed by atoms with Gasteiger partial charge in [0.05, 0.1) is 13.2 Å². The molecule has 0 aromatic heterocycles. The normalized spacial score (nSPS) is 14.4. The van der Waals surface area contributed by atoms with Gasteiger partial charge in [0, 0.05) is 12.8 Å². The highest BCUT2D eigenvalue weighted by molar-refractivity contribution is 7.47. The summed E-state index contributed by atoms with van der Waals surface area (Å²) in [6.07, 6.45) is 61.4. The van der Waals surface area contributed by atoms with E-state index >= 15 is 0 Å². The van der Waals surface area contributed by atoms with Gasteiger partial charge >= 0.3 is 19.8 Å². The maximum atomic E-state index is 12.3. The summed E-state index contributed by atoms with van der Waals surface area (Å²) < 4.78 is 26.9. The first-order valence-corrected chi connectivity index (χ1v) is 26.8. The summed E-state index contributed by atoms with van der Waals surface area (Å²) in [6.45, 7) is 2.43. The third-order valence-electron chi connectivity index (χ3n) is 10.4. The van der Waals surface area contributed by atoms with Crippen molar-refractivity contribution in [1.29, 1.82) is 0 Å². The molecule has 0 fully saturated rings. The highest BCUT2D eigenvalue weighted by Gasteiger charge is 2.28. The summed E-state index contributed by atoms with van der Waals surface area (Å²) in [5, 5.41) is 21.9. The fourth-order valence-electron chi connectivity index (χ4n) is 6.47. The van der Waals surface area contributed by atoms with Crippen molar-refractivity contribution in [3.8, 4) is 0 Å². The molecule has 0 saturated carbocycles. The summed E-state index contributed by atoms with van der Waals surface area (Å²) >= 11 is 0. The van der Waals surface area contributed by atoms with Crippen LogP contribution in [0.2, 0.25) is 0 Å². The lowest BCUT2D eigenvalue weighted by Gasteiger charge is -2.18. The molecule has 0 radical (unpaired) electrons. The fraction of sp³-hybridized carbons (Fsp3) is 0.648. The van der Waals surface area contributed by atoms with Gasteiger partial charge in [-0.25, -0.2) is 9.36 Å². The molecule has 1 amide bonds. The number of amides is 1. The van der Waals surface area contributed by atoms with E-state index < -0.39 is 57.6 Å². The number of aliphatic hydroxyl groups is 1. The van der Waals surface area contributed by atoms with E-state index in [-0.39, 0.29) is 12.8 Å². The predicted octanol–water partition coefficient (Wildman–Crippen LogP) is 14.0. The van der Waals surface area contributed by atoms with E-state index in [9.17, 15) is 34.1 Å². The van der Waals surface area contributed by atoms with Crippen LogP contribution >= 0.6 is 7.82 Å². The number of unbranched alkanes of at least 4 members (excludes halogenated alkanes) is 16. The average molecular weight is 944 g/mol. The van der Waals surface area contributed by atoms with Crippen LogP contribution in [-0.4, -0.2) is 64.9 Å². The number of ether oxygens (including phenoxy) is 1. The molecule has 4 N–H and O–H groups in total. The number of carboxylic acids is 1. The summed E-state index contributed by atoms with van der Waals surface area (Å²) in [5.41, 5.74) is 0. The second kappa shape index (κ2) is 47.9. The van der Waals surface area contributed by atoms with Crippen molar-refractivity contribution in [1.82, 2.24) is 5.32 Å². The molecule has 3 unspecified atom stereocenters. The van der Waals surface area contributed by atoms with E-state index in [0.717, 1.165) is 89.9 Å². The molecular formula is C54H90NO10P. The lowest BCUT2D eigenvalue weighted by molar-refractivity contribution is -0.147. The van der Waals surface area contributed by atoms with Gasteiger partial charge in [-0.1, -0.05) is 182 Å². The second-order valence-corrected chi connectivity index (χ2v) is 18.1. The lowest BCUT2D eigenvalue weighted by atomic mass is 10.1. The van der Waals surface area contributed by atoms with Crippen LogP contribution in [-0.2, 0) is 32.7 Å². The van der Waals surface area contributed by atoms with E-state index in [4.69, 9.17) is 13.8 Å². The van der Waals surface area contributed by atoms with Gasteiger partial charge in [-0.05, 0) is 96.3 Å². The highest BCUT2D eigenvalue weighted by Crippen LogP contribution is 2.43. The van der Waals surface area contributed by atoms with Gasteiger partial charge in [0.25, 0.3) is 0 Å². The number of carbonyl (C=O) groups excluding carboxylic acids is 2. The van der Waals surface area contributed by atoms with Crippen molar-refractivity contribution in [2.45, 2.75) is 206 Å². The number of carboxylic acid groups (broad SMARTS) is 1. The van der Waals surface area contributed by atoms with E-state index in [1.165, 1.54) is 64.2 Å². The minimum Gasteiger partial charge on any atom is -0.480 e. The molecule has 0 bridgehead atoms. The SMILES string of the molecule is CC/C=C\C/C=C\C/C=C\C/C=C\C/C=C\CCCCCC(=O)NC(COP(=O)(O)OCC(O)COC(=O)CCCCCCCCCCCC/C=C\C/C=C\C/C=C\CCCCC)C(=O)O. The van der Waals surface area contributed by atoms with E-state index in [0.29, 0.717) is 12.8 Å². The van der Waals surface area contributed by atoms with Gasteiger partial charge in [0.15, 0.2) is 6.04 Å². The Kier molecular flexibility index (Phi) is 45.3. The number of aliphatic carboxylic acids is 1. The van der Waals surface area contributed by atoms with E-state index in [2.05, 4.69) is 116 Å². The zero-order valence-corrected chi connectivity index (χ0v) is 41.9. The zero-order chi connectivity index (χ0) is 48.4. The van der Waals surface area contributed by atoms with Crippen LogP contribution in [0.4, 0.5) is 0 Å². The minimum absolute atomic E-state index is 0.101. The van der Waals surface area contributed by atoms with Gasteiger partial charge in [0.2, 0.25) is 5.91 Å². The van der Waals surface area contributed by atoms with Crippen LogP contribution < -0.4 is 5.32 Å². The Morgan fingerprint density at radius 1 is 0.500 bits per heavy atom. The molecule has 0 aliphatic carbocycles. The zero-order valence-electron chi connectivity index (χ0n) is 41.0. The van der Waals surface area contributed by atoms with Crippen molar-refractivity contribution in [2.75, 3.05) is 19.8 Å². The van der Waals surface area contributed by atoms with E-state index in [1.807, 2.05) is 0 Å². The molecule has 0 saturated heterocycles. The molecule has 12 heteroatoms. The number of rotatable bonds is 46. The molecule has 0 spiro atoms. The first-order valence-electron chi connectivity index (χ1n) is 25.3. The van der Waals surface area contributed by atoms with Gasteiger partial charge in [0.1, 0.15) is 12.7 Å². The number of aliphatic hydroxyl groups excluding tert-OH is 1. The molecule has 66 heavy (non-hydrogen) atoms. The highest BCUT2D eigenvalue weighted by atomic mass is 31.2. The smallest absolute Gasteiger partial charge is 0.472 e. The summed E-state index contributed by atoms with van der Waals surface area (Å²) in [5.74, 6) is -2.43. The Hall–Kier alpha value is -3.60. The first kappa shape index (κ1) is 62.4. The van der Waals surface area contributed by atoms with Crippen LogP contribution in [0.5, 0.6) is 0 Å². The Morgan fingerprint density at radius 2 is 0.879 bits per heavy atom. The molecule has 376 valence electrons. The van der Waals surface area contributed by atoms with Crippen molar-refractivity contribution in [3.63, 3.8) is 0 Å². The van der Waals surface area contributed by atoms with Gasteiger partial charge in [-0.3, -0.25) is 18.6 Å². The van der Waals surface area contributed by atoms with Crippen molar-refractivity contribution in [3.05, 3.63) is 97.2 Å². The lowest BCUT2D eigenvalue weighted by Crippen LogP contribution is -2.43. The number of phosphoric acid groups is 1. The third kappa shape index (κ3) is 46.9. The molecule has 0 rings (SSSR count). The number of carbonyl (C=O) groups is 3. The van der Waals surface area contributed by atoms with Crippen LogP contribution in [0.15, 0.2) is 97.2 Å². The monoisotopic (exact) mass is 944 g/mol. The molecule has 0 aliphatic rings. The molecule has 0 aliphatic heterocycles. The van der Waals surface area contributed by atoms with E-state index in [1.54, 1.807) is 0 Å². The van der Waals surface area contributed by atoms with Gasteiger partial charge in [-0.2, -0.15) is 0 Å². The van der Waals surface area contributed by atoms with Gasteiger partial charge < -0.3 is 25.2 Å². The number of nitrogens with one attached hydrogen (secondary N) is 1. The van der Waals surface area contributed by atoms with Crippen molar-refractivity contribution < 1.29 is 47.8 Å². The molecular weight excluding hydrogens is 854 g/mol. The quantitative estimate of drug-likeness (QED) is 0.0199. The number of esters is 1. The Morgan fingerprint density at radius 3 is 1.33 bits per heavy atom. The maximum absolute atomic E-state index is 12.3. The summed E-state index contributed by atoms with van der Waals surface area (Å²) in [7, 11) is -4.78. The molecule has 11 nitrogen and oxygen atoms in total. The van der Waals surface area contributed by atoms with Crippen molar-refractivity contribution in [2.24, 2.45) is 0 Å². The topological polar surface area (TPSA) is 169 Å². The first-order chi connectivity index (χ1) is 32.1. The van der Waals surface area contributed by atoms with Crippen LogP contribution in [0, 0.1) is 0 Å². The maximum Gasteiger partial charge on any atom is 0.472 e. The number of allylic oxidation sites excluding steroid dienone is 16. The Balaban J connectivity index is 3.90. The van der Waals surface area contributed by atoms with Crippen LogP contribution in [0.1, 0.15) is 194 Å². The summed E-state index contributed by atoms with van der Waals surface area (Å²) in [6, 6.07) is -1.57. The standard InChI is InChI=1S/C54H90NO10P/c1-3-5-7-9-11-13-15-17-19-21-23-24-25-26-28-30-32-34-36-38-40-42-44-46-53(58)63-47-50(56)48-64-66(61,62)65-49-51(54(59)60)55-52(57)45-43-41-39-37-35-33-31-29-27-22-20-18-16-14-12-10-8-6-4-2/h6,8,11-14,17-20,23-24,27,29,33,35,50-51,56H,3-5,7,9-10,15-16,21-22,25-26,28,30-32,34,36-49H2,1-2H3,(H,55,57)(H,59,60)(H,61,62)/b8-6-,13-11-,14-12-,19-17-,20-18-,24-23-,29-27-,35-33-. The molecule has 0 heterocycles. The van der Waals surface area contributed by atoms with Crippen LogP contribution in [0.3, 0.4) is 0 Å². The second-order valence-electron chi connectivity index (χ2n) is 16.6. The van der Waals surface area contributed by atoms with Crippen molar-refractivity contribution >= 4 is 25.7 Å². The molecule has 3 atom stereocenters.